The maximum atomic E-state index is 13.2. The van der Waals surface area contributed by atoms with Gasteiger partial charge in [-0.1, -0.05) is 6.07 Å². The maximum absolute atomic E-state index is 13.2. The van der Waals surface area contributed by atoms with Gasteiger partial charge in [0.15, 0.2) is 0 Å². The fourth-order valence-electron chi connectivity index (χ4n) is 4.33. The van der Waals surface area contributed by atoms with Crippen LogP contribution < -0.4 is 0 Å². The first kappa shape index (κ1) is 16.4. The van der Waals surface area contributed by atoms with E-state index < -0.39 is 0 Å². The lowest BCUT2D eigenvalue weighted by molar-refractivity contribution is 0.0646. The van der Waals surface area contributed by atoms with E-state index in [1.165, 1.54) is 12.8 Å². The normalized spacial score (nSPS) is 20.1. The summed E-state index contributed by atoms with van der Waals surface area (Å²) in [6.07, 6.45) is 6.17. The van der Waals surface area contributed by atoms with Crippen LogP contribution in [-0.2, 0) is 6.54 Å². The van der Waals surface area contributed by atoms with E-state index in [9.17, 15) is 4.79 Å². The third-order valence-electron chi connectivity index (χ3n) is 5.69. The molecule has 27 heavy (non-hydrogen) atoms. The van der Waals surface area contributed by atoms with Crippen LogP contribution in [0.2, 0.25) is 0 Å². The van der Waals surface area contributed by atoms with Gasteiger partial charge < -0.3 is 9.80 Å². The van der Waals surface area contributed by atoms with E-state index in [4.69, 9.17) is 0 Å². The number of benzene rings is 1. The minimum atomic E-state index is 0.0830. The Morgan fingerprint density at radius 3 is 2.89 bits per heavy atom. The van der Waals surface area contributed by atoms with Gasteiger partial charge in [-0.25, -0.2) is 0 Å². The fraction of sp³-hybridized carbons (Fsp3) is 0.381. The number of carbonyl (C=O) groups excluding carboxylic acids is 1. The van der Waals surface area contributed by atoms with Gasteiger partial charge in [-0.2, -0.15) is 5.10 Å². The number of nitrogens with zero attached hydrogens (tertiary/aromatic N) is 5. The third-order valence-corrected chi connectivity index (χ3v) is 5.69. The van der Waals surface area contributed by atoms with Crippen LogP contribution in [0.1, 0.15) is 34.9 Å². The first-order valence-electron chi connectivity index (χ1n) is 9.67. The molecule has 2 aliphatic rings. The quantitative estimate of drug-likeness (QED) is 0.720. The molecule has 1 saturated heterocycles. The number of hydrogen-bond donors (Lipinski definition) is 0. The molecule has 1 unspecified atom stereocenters. The summed E-state index contributed by atoms with van der Waals surface area (Å²) in [5.74, 6) is 0.0830. The Balaban J connectivity index is 1.41. The molecule has 0 spiro atoms. The third kappa shape index (κ3) is 3.10. The van der Waals surface area contributed by atoms with Crippen molar-refractivity contribution in [2.45, 2.75) is 25.4 Å². The minimum Gasteiger partial charge on any atom is -0.331 e. The van der Waals surface area contributed by atoms with Gasteiger partial charge >= 0.3 is 0 Å². The number of likely N-dealkylation sites (tertiary alicyclic amines) is 1. The van der Waals surface area contributed by atoms with Crippen LogP contribution in [0.15, 0.2) is 48.8 Å². The smallest absolute Gasteiger partial charge is 0.254 e. The van der Waals surface area contributed by atoms with E-state index in [1.54, 1.807) is 6.20 Å². The summed E-state index contributed by atoms with van der Waals surface area (Å²) in [4.78, 5) is 22.0. The van der Waals surface area contributed by atoms with Gasteiger partial charge in [-0.15, -0.1) is 0 Å². The molecule has 2 aromatic heterocycles. The van der Waals surface area contributed by atoms with E-state index in [2.05, 4.69) is 19.7 Å². The second-order valence-corrected chi connectivity index (χ2v) is 7.53. The summed E-state index contributed by atoms with van der Waals surface area (Å²) in [5, 5.41) is 5.53. The molecule has 0 radical (unpaired) electrons. The summed E-state index contributed by atoms with van der Waals surface area (Å²) in [6, 6.07) is 11.9. The molecule has 138 valence electrons. The van der Waals surface area contributed by atoms with Crippen molar-refractivity contribution >= 4 is 16.8 Å². The van der Waals surface area contributed by atoms with E-state index in [0.29, 0.717) is 13.1 Å². The monoisotopic (exact) mass is 361 g/mol. The largest absolute Gasteiger partial charge is 0.331 e. The van der Waals surface area contributed by atoms with Crippen molar-refractivity contribution in [1.82, 2.24) is 24.6 Å². The highest BCUT2D eigenvalue weighted by atomic mass is 16.2. The molecule has 0 saturated carbocycles. The van der Waals surface area contributed by atoms with Gasteiger partial charge in [0.1, 0.15) is 0 Å². The number of hydrogen-bond acceptors (Lipinski definition) is 4. The van der Waals surface area contributed by atoms with Gasteiger partial charge in [0.25, 0.3) is 5.91 Å². The Morgan fingerprint density at radius 1 is 1.11 bits per heavy atom. The van der Waals surface area contributed by atoms with Crippen molar-refractivity contribution in [1.29, 1.82) is 0 Å². The number of aromatic nitrogens is 3. The van der Waals surface area contributed by atoms with Crippen LogP contribution in [0.4, 0.5) is 0 Å². The molecule has 1 fully saturated rings. The molecular weight excluding hydrogens is 338 g/mol. The first-order chi connectivity index (χ1) is 13.3. The lowest BCUT2D eigenvalue weighted by Crippen LogP contribution is -2.45. The Labute approximate surface area is 158 Å². The van der Waals surface area contributed by atoms with Crippen molar-refractivity contribution in [3.05, 3.63) is 60.0 Å². The molecule has 3 aromatic rings. The predicted molar refractivity (Wildman–Crippen MR) is 103 cm³/mol. The van der Waals surface area contributed by atoms with Crippen LogP contribution in [-0.4, -0.2) is 56.7 Å². The Bertz CT molecular complexity index is 975. The van der Waals surface area contributed by atoms with Gasteiger partial charge in [0.05, 0.1) is 23.8 Å². The molecule has 1 atom stereocenters. The molecule has 2 aliphatic heterocycles. The summed E-state index contributed by atoms with van der Waals surface area (Å²) < 4.78 is 2.12. The van der Waals surface area contributed by atoms with E-state index in [0.717, 1.165) is 41.8 Å². The van der Waals surface area contributed by atoms with Crippen LogP contribution in [0.3, 0.4) is 0 Å². The van der Waals surface area contributed by atoms with Crippen LogP contribution in [0.25, 0.3) is 10.9 Å². The van der Waals surface area contributed by atoms with Gasteiger partial charge in [-0.3, -0.25) is 14.5 Å². The molecule has 0 bridgehead atoms. The minimum absolute atomic E-state index is 0.0830. The Kier molecular flexibility index (Phi) is 4.13. The SMILES string of the molecule is O=C(c1ccc2ncccc2c1)N1Cc2ccnn2C(CN2CCCC2)C1. The van der Waals surface area contributed by atoms with Crippen LogP contribution >= 0.6 is 0 Å². The summed E-state index contributed by atoms with van der Waals surface area (Å²) in [5.41, 5.74) is 2.75. The zero-order valence-corrected chi connectivity index (χ0v) is 15.3. The average Bonchev–Trinajstić information content (AvgIpc) is 3.38. The van der Waals surface area contributed by atoms with E-state index in [-0.39, 0.29) is 11.9 Å². The lowest BCUT2D eigenvalue weighted by atomic mass is 10.1. The highest BCUT2D eigenvalue weighted by Gasteiger charge is 2.30. The molecule has 1 amide bonds. The van der Waals surface area contributed by atoms with Gasteiger partial charge in [0.2, 0.25) is 0 Å². The number of amides is 1. The zero-order valence-electron chi connectivity index (χ0n) is 15.3. The standard InChI is InChI=1S/C21H23N5O/c27-21(17-5-6-20-16(12-17)4-3-8-22-20)25-14-18-7-9-23-26(18)19(15-25)13-24-10-1-2-11-24/h3-9,12,19H,1-2,10-11,13-15H2. The molecule has 0 aliphatic carbocycles. The summed E-state index contributed by atoms with van der Waals surface area (Å²) in [6.45, 7) is 4.58. The van der Waals surface area contributed by atoms with Crippen molar-refractivity contribution in [2.75, 3.05) is 26.2 Å². The van der Waals surface area contributed by atoms with E-state index in [1.807, 2.05) is 47.5 Å². The molecule has 0 N–H and O–H groups in total. The van der Waals surface area contributed by atoms with E-state index >= 15 is 0 Å². The molecule has 4 heterocycles. The number of fused-ring (bicyclic) bond motifs is 2. The van der Waals surface area contributed by atoms with Gasteiger partial charge in [0, 0.05) is 36.4 Å². The number of carbonyl (C=O) groups is 1. The summed E-state index contributed by atoms with van der Waals surface area (Å²) >= 11 is 0. The Hall–Kier alpha value is -2.73. The average molecular weight is 361 g/mol. The van der Waals surface area contributed by atoms with Crippen molar-refractivity contribution < 1.29 is 4.79 Å². The Morgan fingerprint density at radius 2 is 2.00 bits per heavy atom. The molecule has 5 rings (SSSR count). The fourth-order valence-corrected chi connectivity index (χ4v) is 4.33. The molecule has 1 aromatic carbocycles. The van der Waals surface area contributed by atoms with Crippen molar-refractivity contribution in [3.8, 4) is 0 Å². The summed E-state index contributed by atoms with van der Waals surface area (Å²) in [7, 11) is 0. The van der Waals surface area contributed by atoms with Crippen molar-refractivity contribution in [3.63, 3.8) is 0 Å². The first-order valence-corrected chi connectivity index (χ1v) is 9.67. The number of rotatable bonds is 3. The molecule has 6 nitrogen and oxygen atoms in total. The van der Waals surface area contributed by atoms with Crippen LogP contribution in [0.5, 0.6) is 0 Å². The number of pyridine rings is 1. The highest BCUT2D eigenvalue weighted by molar-refractivity contribution is 5.98. The molecular formula is C21H23N5O. The zero-order chi connectivity index (χ0) is 18.2. The highest BCUT2D eigenvalue weighted by Crippen LogP contribution is 2.25. The second-order valence-electron chi connectivity index (χ2n) is 7.53. The molecule has 6 heteroatoms. The maximum Gasteiger partial charge on any atom is 0.254 e. The van der Waals surface area contributed by atoms with Gasteiger partial charge in [-0.05, 0) is 56.3 Å². The second kappa shape index (κ2) is 6.78. The lowest BCUT2D eigenvalue weighted by Gasteiger charge is -2.35. The predicted octanol–water partition coefficient (Wildman–Crippen LogP) is 2.72. The topological polar surface area (TPSA) is 54.3 Å². The van der Waals surface area contributed by atoms with Crippen molar-refractivity contribution in [2.24, 2.45) is 0 Å². The van der Waals surface area contributed by atoms with Crippen LogP contribution in [0, 0.1) is 0 Å².